The van der Waals surface area contributed by atoms with E-state index >= 15 is 0 Å². The summed E-state index contributed by atoms with van der Waals surface area (Å²) >= 11 is 0. The van der Waals surface area contributed by atoms with Gasteiger partial charge in [-0.2, -0.15) is 0 Å². The zero-order valence-corrected chi connectivity index (χ0v) is 12.8. The van der Waals surface area contributed by atoms with E-state index in [-0.39, 0.29) is 18.5 Å². The predicted octanol–water partition coefficient (Wildman–Crippen LogP) is 0.562. The summed E-state index contributed by atoms with van der Waals surface area (Å²) in [6.45, 7) is 2.87. The van der Waals surface area contributed by atoms with Crippen molar-refractivity contribution >= 4 is 17.1 Å². The lowest BCUT2D eigenvalue weighted by Gasteiger charge is -2.09. The molecular formula is C14H20N4O4. The number of hydrogen-bond donors (Lipinski definition) is 1. The molecule has 0 unspecified atom stereocenters. The molecule has 0 bridgehead atoms. The molecule has 0 spiro atoms. The highest BCUT2D eigenvalue weighted by Crippen LogP contribution is 2.07. The summed E-state index contributed by atoms with van der Waals surface area (Å²) in [4.78, 5) is 39.5. The van der Waals surface area contributed by atoms with E-state index in [9.17, 15) is 14.4 Å². The van der Waals surface area contributed by atoms with Crippen LogP contribution in [0.1, 0.15) is 32.6 Å². The lowest BCUT2D eigenvalue weighted by atomic mass is 10.2. The van der Waals surface area contributed by atoms with E-state index in [0.717, 1.165) is 11.0 Å². The second-order valence-electron chi connectivity index (χ2n) is 5.26. The number of fused-ring (bicyclic) bond motifs is 1. The molecule has 22 heavy (non-hydrogen) atoms. The van der Waals surface area contributed by atoms with Gasteiger partial charge in [-0.05, 0) is 19.3 Å². The minimum absolute atomic E-state index is 0.0328. The fourth-order valence-electron chi connectivity index (χ4n) is 2.48. The van der Waals surface area contributed by atoms with Crippen LogP contribution in [-0.4, -0.2) is 29.8 Å². The van der Waals surface area contributed by atoms with E-state index in [2.05, 4.69) is 4.98 Å². The first-order valence-electron chi connectivity index (χ1n) is 7.33. The predicted molar refractivity (Wildman–Crippen MR) is 81.0 cm³/mol. The molecule has 0 aliphatic heterocycles. The van der Waals surface area contributed by atoms with Crippen molar-refractivity contribution in [3.8, 4) is 0 Å². The van der Waals surface area contributed by atoms with E-state index in [4.69, 9.17) is 5.11 Å². The molecule has 2 aromatic rings. The molecule has 8 heteroatoms. The maximum atomic E-state index is 12.6. The van der Waals surface area contributed by atoms with Gasteiger partial charge < -0.3 is 9.67 Å². The van der Waals surface area contributed by atoms with Crippen LogP contribution in [0.5, 0.6) is 0 Å². The van der Waals surface area contributed by atoms with E-state index < -0.39 is 11.7 Å². The Bertz CT molecular complexity index is 800. The Morgan fingerprint density at radius 2 is 2.00 bits per heavy atom. The zero-order chi connectivity index (χ0) is 16.3. The van der Waals surface area contributed by atoms with E-state index in [1.807, 2.05) is 6.92 Å². The molecule has 2 aromatic heterocycles. The van der Waals surface area contributed by atoms with Crippen molar-refractivity contribution in [1.82, 2.24) is 18.7 Å². The quantitative estimate of drug-likeness (QED) is 0.754. The van der Waals surface area contributed by atoms with E-state index in [1.165, 1.54) is 4.57 Å². The molecule has 0 amide bonds. The highest BCUT2D eigenvalue weighted by atomic mass is 16.4. The third kappa shape index (κ3) is 2.95. The van der Waals surface area contributed by atoms with Crippen LogP contribution in [0, 0.1) is 0 Å². The van der Waals surface area contributed by atoms with E-state index in [0.29, 0.717) is 30.6 Å². The van der Waals surface area contributed by atoms with Gasteiger partial charge >= 0.3 is 11.7 Å². The van der Waals surface area contributed by atoms with E-state index in [1.54, 1.807) is 17.9 Å². The number of aryl methyl sites for hydroxylation is 2. The first-order chi connectivity index (χ1) is 10.5. The van der Waals surface area contributed by atoms with Gasteiger partial charge in [-0.1, -0.05) is 6.92 Å². The molecular weight excluding hydrogens is 288 g/mol. The molecule has 120 valence electrons. The van der Waals surface area contributed by atoms with Gasteiger partial charge in [0.05, 0.1) is 6.33 Å². The van der Waals surface area contributed by atoms with Crippen LogP contribution in [-0.2, 0) is 24.9 Å². The van der Waals surface area contributed by atoms with Crippen LogP contribution in [0.15, 0.2) is 15.9 Å². The maximum absolute atomic E-state index is 12.6. The molecule has 0 saturated carbocycles. The van der Waals surface area contributed by atoms with Gasteiger partial charge in [-0.15, -0.1) is 0 Å². The van der Waals surface area contributed by atoms with Gasteiger partial charge in [0, 0.05) is 26.6 Å². The number of aromatic nitrogens is 4. The molecule has 8 nitrogen and oxygen atoms in total. The SMILES string of the molecule is CCCn1cnc2c1c(=O)n(CCCCC(=O)O)c(=O)n2C. The number of unbranched alkanes of at least 4 members (excludes halogenated alkanes) is 1. The fraction of sp³-hybridized carbons (Fsp3) is 0.571. The second-order valence-corrected chi connectivity index (χ2v) is 5.26. The normalized spacial score (nSPS) is 11.2. The average molecular weight is 308 g/mol. The molecule has 1 N–H and O–H groups in total. The zero-order valence-electron chi connectivity index (χ0n) is 12.8. The molecule has 0 aromatic carbocycles. The summed E-state index contributed by atoms with van der Waals surface area (Å²) in [5.74, 6) is -0.878. The number of aliphatic carboxylic acids is 1. The Morgan fingerprint density at radius 3 is 2.64 bits per heavy atom. The number of nitrogens with zero attached hydrogens (tertiary/aromatic N) is 4. The smallest absolute Gasteiger partial charge is 0.332 e. The number of hydrogen-bond acceptors (Lipinski definition) is 4. The number of carbonyl (C=O) groups is 1. The monoisotopic (exact) mass is 308 g/mol. The fourth-order valence-corrected chi connectivity index (χ4v) is 2.48. The van der Waals surface area contributed by atoms with Gasteiger partial charge in [-0.25, -0.2) is 9.78 Å². The molecule has 0 atom stereocenters. The number of imidazole rings is 1. The largest absolute Gasteiger partial charge is 0.481 e. The van der Waals surface area contributed by atoms with Gasteiger partial charge in [0.1, 0.15) is 0 Å². The molecule has 2 heterocycles. The summed E-state index contributed by atoms with van der Waals surface area (Å²) in [5.41, 5.74) is 0.0152. The van der Waals surface area contributed by atoms with Gasteiger partial charge in [0.15, 0.2) is 11.2 Å². The maximum Gasteiger partial charge on any atom is 0.332 e. The summed E-state index contributed by atoms with van der Waals surface area (Å²) < 4.78 is 4.28. The van der Waals surface area contributed by atoms with Crippen molar-refractivity contribution < 1.29 is 9.90 Å². The number of carboxylic acid groups (broad SMARTS) is 1. The van der Waals surface area contributed by atoms with Crippen LogP contribution in [0.4, 0.5) is 0 Å². The van der Waals surface area contributed by atoms with Crippen molar-refractivity contribution in [1.29, 1.82) is 0 Å². The third-order valence-corrected chi connectivity index (χ3v) is 3.59. The third-order valence-electron chi connectivity index (χ3n) is 3.59. The summed E-state index contributed by atoms with van der Waals surface area (Å²) in [6, 6.07) is 0. The summed E-state index contributed by atoms with van der Waals surface area (Å²) in [7, 11) is 1.58. The van der Waals surface area contributed by atoms with Crippen LogP contribution >= 0.6 is 0 Å². The highest BCUT2D eigenvalue weighted by molar-refractivity contribution is 5.70. The van der Waals surface area contributed by atoms with Crippen molar-refractivity contribution in [3.63, 3.8) is 0 Å². The lowest BCUT2D eigenvalue weighted by molar-refractivity contribution is -0.137. The van der Waals surface area contributed by atoms with Gasteiger partial charge in [-0.3, -0.25) is 18.7 Å². The van der Waals surface area contributed by atoms with Crippen molar-refractivity contribution in [3.05, 3.63) is 27.2 Å². The number of carboxylic acids is 1. The highest BCUT2D eigenvalue weighted by Gasteiger charge is 2.15. The van der Waals surface area contributed by atoms with Crippen LogP contribution in [0.2, 0.25) is 0 Å². The first kappa shape index (κ1) is 16.0. The molecule has 0 saturated heterocycles. The van der Waals surface area contributed by atoms with Crippen molar-refractivity contribution in [2.75, 3.05) is 0 Å². The van der Waals surface area contributed by atoms with Gasteiger partial charge in [0.2, 0.25) is 0 Å². The Hall–Kier alpha value is -2.38. The Labute approximate surface area is 126 Å². The topological polar surface area (TPSA) is 99.1 Å². The molecule has 2 rings (SSSR count). The Kier molecular flexibility index (Phi) is 4.79. The lowest BCUT2D eigenvalue weighted by Crippen LogP contribution is -2.39. The van der Waals surface area contributed by atoms with Crippen LogP contribution in [0.3, 0.4) is 0 Å². The van der Waals surface area contributed by atoms with Crippen LogP contribution in [0.25, 0.3) is 11.2 Å². The average Bonchev–Trinajstić information content (AvgIpc) is 2.88. The molecule has 0 fully saturated rings. The minimum atomic E-state index is -0.878. The summed E-state index contributed by atoms with van der Waals surface area (Å²) in [6.07, 6.45) is 3.35. The standard InChI is InChI=1S/C14H20N4O4/c1-3-7-17-9-15-12-11(17)13(21)18(14(22)16(12)2)8-5-4-6-10(19)20/h9H,3-8H2,1-2H3,(H,19,20). The van der Waals surface area contributed by atoms with Crippen LogP contribution < -0.4 is 11.2 Å². The Morgan fingerprint density at radius 1 is 1.27 bits per heavy atom. The molecule has 0 aliphatic carbocycles. The van der Waals surface area contributed by atoms with Crippen molar-refractivity contribution in [2.45, 2.75) is 45.7 Å². The van der Waals surface area contributed by atoms with Gasteiger partial charge in [0.25, 0.3) is 5.56 Å². The second kappa shape index (κ2) is 6.59. The Balaban J connectivity index is 2.41. The molecule has 0 aliphatic rings. The minimum Gasteiger partial charge on any atom is -0.481 e. The number of rotatable bonds is 7. The summed E-state index contributed by atoms with van der Waals surface area (Å²) in [5, 5.41) is 8.63. The molecule has 0 radical (unpaired) electrons. The van der Waals surface area contributed by atoms with Crippen molar-refractivity contribution in [2.24, 2.45) is 7.05 Å². The first-order valence-corrected chi connectivity index (χ1v) is 7.33.